The lowest BCUT2D eigenvalue weighted by molar-refractivity contribution is 0.362. The summed E-state index contributed by atoms with van der Waals surface area (Å²) in [5, 5.41) is 3.74. The standard InChI is InChI=1S/C17H24BrNO/c1-11(14-7-8-17(20-2)16(18)9-14)19-10-15(12-3-4-12)13-5-6-13/h7-9,11-13,15,19H,3-6,10H2,1-2H3. The first-order valence-corrected chi connectivity index (χ1v) is 8.55. The van der Waals surface area contributed by atoms with Crippen molar-refractivity contribution < 1.29 is 4.74 Å². The second kappa shape index (κ2) is 6.07. The SMILES string of the molecule is COc1ccc(C(C)NCC(C2CC2)C2CC2)cc1Br. The van der Waals surface area contributed by atoms with Gasteiger partial charge in [0.1, 0.15) is 5.75 Å². The molecular formula is C17H24BrNO. The van der Waals surface area contributed by atoms with Gasteiger partial charge in [-0.1, -0.05) is 6.07 Å². The fourth-order valence-corrected chi connectivity index (χ4v) is 3.71. The molecule has 1 N–H and O–H groups in total. The number of hydrogen-bond acceptors (Lipinski definition) is 2. The van der Waals surface area contributed by atoms with E-state index in [1.165, 1.54) is 37.8 Å². The summed E-state index contributed by atoms with van der Waals surface area (Å²) >= 11 is 3.57. The van der Waals surface area contributed by atoms with Gasteiger partial charge in [0.2, 0.25) is 0 Å². The Hall–Kier alpha value is -0.540. The van der Waals surface area contributed by atoms with Crippen LogP contribution in [0.15, 0.2) is 22.7 Å². The van der Waals surface area contributed by atoms with Crippen LogP contribution in [0.2, 0.25) is 0 Å². The van der Waals surface area contributed by atoms with Crippen molar-refractivity contribution in [3.05, 3.63) is 28.2 Å². The van der Waals surface area contributed by atoms with Crippen LogP contribution in [-0.4, -0.2) is 13.7 Å². The van der Waals surface area contributed by atoms with Gasteiger partial charge in [0.05, 0.1) is 11.6 Å². The largest absolute Gasteiger partial charge is 0.496 e. The third kappa shape index (κ3) is 3.37. The molecule has 1 atom stereocenters. The van der Waals surface area contributed by atoms with Crippen molar-refractivity contribution in [1.29, 1.82) is 0 Å². The Morgan fingerprint density at radius 1 is 1.25 bits per heavy atom. The minimum Gasteiger partial charge on any atom is -0.496 e. The molecule has 110 valence electrons. The number of halogens is 1. The van der Waals surface area contributed by atoms with Gasteiger partial charge < -0.3 is 10.1 Å². The molecule has 1 aromatic carbocycles. The van der Waals surface area contributed by atoms with E-state index >= 15 is 0 Å². The van der Waals surface area contributed by atoms with Crippen molar-refractivity contribution in [2.75, 3.05) is 13.7 Å². The summed E-state index contributed by atoms with van der Waals surface area (Å²) in [5.74, 6) is 3.86. The van der Waals surface area contributed by atoms with Gasteiger partial charge in [0.25, 0.3) is 0 Å². The smallest absolute Gasteiger partial charge is 0.133 e. The van der Waals surface area contributed by atoms with Gasteiger partial charge in [0, 0.05) is 6.04 Å². The molecule has 1 aromatic rings. The summed E-state index contributed by atoms with van der Waals surface area (Å²) in [7, 11) is 1.71. The number of rotatable bonds is 7. The lowest BCUT2D eigenvalue weighted by atomic mass is 9.97. The van der Waals surface area contributed by atoms with Gasteiger partial charge in [0.15, 0.2) is 0 Å². The Kier molecular flexibility index (Phi) is 4.37. The highest BCUT2D eigenvalue weighted by molar-refractivity contribution is 9.10. The Bertz CT molecular complexity index is 456. The summed E-state index contributed by atoms with van der Waals surface area (Å²) < 4.78 is 6.32. The van der Waals surface area contributed by atoms with Gasteiger partial charge >= 0.3 is 0 Å². The topological polar surface area (TPSA) is 21.3 Å². The monoisotopic (exact) mass is 337 g/mol. The van der Waals surface area contributed by atoms with E-state index in [9.17, 15) is 0 Å². The molecule has 2 saturated carbocycles. The highest BCUT2D eigenvalue weighted by atomic mass is 79.9. The summed E-state index contributed by atoms with van der Waals surface area (Å²) in [6.45, 7) is 3.44. The molecule has 2 nitrogen and oxygen atoms in total. The van der Waals surface area contributed by atoms with Crippen LogP contribution in [0.3, 0.4) is 0 Å². The van der Waals surface area contributed by atoms with Crippen LogP contribution in [0.4, 0.5) is 0 Å². The Morgan fingerprint density at radius 3 is 2.40 bits per heavy atom. The van der Waals surface area contributed by atoms with Crippen LogP contribution in [0.25, 0.3) is 0 Å². The van der Waals surface area contributed by atoms with Gasteiger partial charge in [-0.15, -0.1) is 0 Å². The first kappa shape index (κ1) is 14.4. The van der Waals surface area contributed by atoms with Crippen molar-refractivity contribution in [2.45, 2.75) is 38.6 Å². The molecule has 0 spiro atoms. The van der Waals surface area contributed by atoms with Crippen molar-refractivity contribution in [3.8, 4) is 5.75 Å². The van der Waals surface area contributed by atoms with Crippen molar-refractivity contribution >= 4 is 15.9 Å². The van der Waals surface area contributed by atoms with Crippen LogP contribution in [-0.2, 0) is 0 Å². The van der Waals surface area contributed by atoms with Crippen LogP contribution in [0, 0.1) is 17.8 Å². The van der Waals surface area contributed by atoms with Gasteiger partial charge in [-0.2, -0.15) is 0 Å². The zero-order chi connectivity index (χ0) is 14.1. The van der Waals surface area contributed by atoms with Crippen molar-refractivity contribution in [3.63, 3.8) is 0 Å². The number of benzene rings is 1. The zero-order valence-electron chi connectivity index (χ0n) is 12.4. The third-order valence-corrected chi connectivity index (χ3v) is 5.41. The highest BCUT2D eigenvalue weighted by Gasteiger charge is 2.41. The van der Waals surface area contributed by atoms with E-state index in [4.69, 9.17) is 4.74 Å². The lowest BCUT2D eigenvalue weighted by Gasteiger charge is -2.21. The Balaban J connectivity index is 1.57. The van der Waals surface area contributed by atoms with Crippen LogP contribution < -0.4 is 10.1 Å². The first-order valence-electron chi connectivity index (χ1n) is 7.76. The number of hydrogen-bond donors (Lipinski definition) is 1. The maximum atomic E-state index is 5.29. The molecule has 3 heteroatoms. The second-order valence-corrected chi connectivity index (χ2v) is 7.22. The zero-order valence-corrected chi connectivity index (χ0v) is 13.9. The summed E-state index contributed by atoms with van der Waals surface area (Å²) in [5.41, 5.74) is 1.32. The lowest BCUT2D eigenvalue weighted by Crippen LogP contribution is -2.28. The highest BCUT2D eigenvalue weighted by Crippen LogP contribution is 2.49. The fourth-order valence-electron chi connectivity index (χ4n) is 3.15. The number of nitrogens with one attached hydrogen (secondary N) is 1. The molecule has 0 bridgehead atoms. The van der Waals surface area contributed by atoms with E-state index < -0.39 is 0 Å². The van der Waals surface area contributed by atoms with Crippen molar-refractivity contribution in [1.82, 2.24) is 5.32 Å². The second-order valence-electron chi connectivity index (χ2n) is 6.36. The van der Waals surface area contributed by atoms with Crippen LogP contribution >= 0.6 is 15.9 Å². The van der Waals surface area contributed by atoms with E-state index in [2.05, 4.69) is 40.3 Å². The molecule has 3 rings (SSSR count). The summed E-state index contributed by atoms with van der Waals surface area (Å²) in [4.78, 5) is 0. The molecule has 0 aliphatic heterocycles. The quantitative estimate of drug-likeness (QED) is 0.788. The predicted octanol–water partition coefficient (Wildman–Crippen LogP) is 4.54. The van der Waals surface area contributed by atoms with Crippen LogP contribution in [0.5, 0.6) is 5.75 Å². The minimum atomic E-state index is 0.400. The van der Waals surface area contributed by atoms with E-state index in [-0.39, 0.29) is 0 Å². The third-order valence-electron chi connectivity index (χ3n) is 4.79. The molecule has 2 aliphatic rings. The molecule has 2 aliphatic carbocycles. The van der Waals surface area contributed by atoms with E-state index in [0.29, 0.717) is 6.04 Å². The fraction of sp³-hybridized carbons (Fsp3) is 0.647. The van der Waals surface area contributed by atoms with E-state index in [0.717, 1.165) is 28.0 Å². The molecule has 0 amide bonds. The molecule has 20 heavy (non-hydrogen) atoms. The molecule has 0 heterocycles. The maximum absolute atomic E-state index is 5.29. The maximum Gasteiger partial charge on any atom is 0.133 e. The molecule has 0 radical (unpaired) electrons. The average molecular weight is 338 g/mol. The molecule has 0 saturated heterocycles. The predicted molar refractivity (Wildman–Crippen MR) is 86.0 cm³/mol. The number of ether oxygens (including phenoxy) is 1. The Labute approximate surface area is 130 Å². The Morgan fingerprint density at radius 2 is 1.90 bits per heavy atom. The first-order chi connectivity index (χ1) is 9.69. The minimum absolute atomic E-state index is 0.400. The molecule has 1 unspecified atom stereocenters. The summed E-state index contributed by atoms with van der Waals surface area (Å²) in [6.07, 6.45) is 5.85. The van der Waals surface area contributed by atoms with Gasteiger partial charge in [-0.25, -0.2) is 0 Å². The van der Waals surface area contributed by atoms with Gasteiger partial charge in [-0.3, -0.25) is 0 Å². The van der Waals surface area contributed by atoms with E-state index in [1.54, 1.807) is 7.11 Å². The number of methoxy groups -OCH3 is 1. The molecule has 2 fully saturated rings. The van der Waals surface area contributed by atoms with Crippen LogP contribution in [0.1, 0.15) is 44.2 Å². The molecule has 0 aromatic heterocycles. The average Bonchev–Trinajstić information content (AvgIpc) is 3.31. The van der Waals surface area contributed by atoms with Crippen molar-refractivity contribution in [2.24, 2.45) is 17.8 Å². The normalized spacial score (nSPS) is 20.2. The molecular weight excluding hydrogens is 314 g/mol. The van der Waals surface area contributed by atoms with E-state index in [1.807, 2.05) is 6.07 Å². The van der Waals surface area contributed by atoms with Gasteiger partial charge in [-0.05, 0) is 90.5 Å². The summed E-state index contributed by atoms with van der Waals surface area (Å²) in [6, 6.07) is 6.76.